The van der Waals surface area contributed by atoms with Crippen molar-refractivity contribution in [2.24, 2.45) is 11.1 Å². The van der Waals surface area contributed by atoms with E-state index in [1.54, 1.807) is 24.3 Å². The normalized spacial score (nSPS) is 12.9. The molecule has 1 atom stereocenters. The van der Waals surface area contributed by atoms with Crippen LogP contribution in [0.15, 0.2) is 24.3 Å². The van der Waals surface area contributed by atoms with Crippen molar-refractivity contribution in [2.75, 3.05) is 11.3 Å². The molecule has 1 rings (SSSR count). The van der Waals surface area contributed by atoms with Crippen molar-refractivity contribution < 1.29 is 13.2 Å². The molecule has 0 saturated carbocycles. The Morgan fingerprint density at radius 2 is 1.90 bits per heavy atom. The van der Waals surface area contributed by atoms with E-state index in [0.717, 1.165) is 12.2 Å². The van der Waals surface area contributed by atoms with Crippen LogP contribution in [-0.2, 0) is 10.2 Å². The summed E-state index contributed by atoms with van der Waals surface area (Å²) in [6, 6.07) is 6.74. The Hall–Kier alpha value is -1.27. The molecule has 0 bridgehead atoms. The number of nitrogens with two attached hydrogens (primary N) is 1. The maximum Gasteiger partial charge on any atom is 0.296 e. The van der Waals surface area contributed by atoms with Gasteiger partial charge in [0.2, 0.25) is 0 Å². The minimum atomic E-state index is -3.72. The molecule has 6 heteroatoms. The van der Waals surface area contributed by atoms with Crippen LogP contribution in [-0.4, -0.2) is 15.0 Å². The maximum atomic E-state index is 10.9. The van der Waals surface area contributed by atoms with E-state index in [2.05, 4.69) is 18.6 Å². The van der Waals surface area contributed by atoms with Crippen molar-refractivity contribution in [1.82, 2.24) is 0 Å². The smallest absolute Gasteiger partial charge is 0.296 e. The molecule has 0 spiro atoms. The summed E-state index contributed by atoms with van der Waals surface area (Å²) in [4.78, 5) is 0. The van der Waals surface area contributed by atoms with Crippen molar-refractivity contribution in [1.29, 1.82) is 0 Å². The lowest BCUT2D eigenvalue weighted by atomic mass is 10.0. The topological polar surface area (TPSA) is 81.4 Å². The van der Waals surface area contributed by atoms with Crippen molar-refractivity contribution in [3.63, 3.8) is 0 Å². The SMILES string of the molecule is CCCCC(CC)COc1ccc(NS(N)(=O)=O)cc1. The Labute approximate surface area is 121 Å². The summed E-state index contributed by atoms with van der Waals surface area (Å²) in [6.45, 7) is 5.05. The predicted octanol–water partition coefficient (Wildman–Crippen LogP) is 2.90. The van der Waals surface area contributed by atoms with Crippen molar-refractivity contribution in [2.45, 2.75) is 39.5 Å². The molecule has 5 nitrogen and oxygen atoms in total. The molecular weight excluding hydrogens is 276 g/mol. The van der Waals surface area contributed by atoms with E-state index < -0.39 is 10.2 Å². The van der Waals surface area contributed by atoms with E-state index in [9.17, 15) is 8.42 Å². The van der Waals surface area contributed by atoms with Crippen LogP contribution in [0.5, 0.6) is 5.75 Å². The lowest BCUT2D eigenvalue weighted by molar-refractivity contribution is 0.233. The highest BCUT2D eigenvalue weighted by Crippen LogP contribution is 2.19. The average molecular weight is 300 g/mol. The number of hydrogen-bond acceptors (Lipinski definition) is 3. The molecule has 0 fully saturated rings. The summed E-state index contributed by atoms with van der Waals surface area (Å²) in [5, 5.41) is 4.90. The number of rotatable bonds is 9. The average Bonchev–Trinajstić information content (AvgIpc) is 2.39. The van der Waals surface area contributed by atoms with Gasteiger partial charge in [-0.25, -0.2) is 5.14 Å². The lowest BCUT2D eigenvalue weighted by Crippen LogP contribution is -2.21. The summed E-state index contributed by atoms with van der Waals surface area (Å²) in [5.41, 5.74) is 0.429. The van der Waals surface area contributed by atoms with Crippen LogP contribution in [0.3, 0.4) is 0 Å². The van der Waals surface area contributed by atoms with Gasteiger partial charge in [0.15, 0.2) is 0 Å². The first-order valence-corrected chi connectivity index (χ1v) is 8.52. The van der Waals surface area contributed by atoms with Crippen molar-refractivity contribution >= 4 is 15.9 Å². The van der Waals surface area contributed by atoms with Gasteiger partial charge in [-0.3, -0.25) is 4.72 Å². The van der Waals surface area contributed by atoms with E-state index in [-0.39, 0.29) is 0 Å². The highest BCUT2D eigenvalue weighted by atomic mass is 32.2. The van der Waals surface area contributed by atoms with E-state index in [0.29, 0.717) is 18.2 Å². The van der Waals surface area contributed by atoms with Crippen LogP contribution < -0.4 is 14.6 Å². The van der Waals surface area contributed by atoms with Crippen molar-refractivity contribution in [3.8, 4) is 5.75 Å². The predicted molar refractivity (Wildman–Crippen MR) is 82.0 cm³/mol. The second-order valence-electron chi connectivity index (χ2n) is 4.90. The quantitative estimate of drug-likeness (QED) is 0.735. The van der Waals surface area contributed by atoms with Crippen LogP contribution in [0, 0.1) is 5.92 Å². The number of ether oxygens (including phenoxy) is 1. The molecule has 3 N–H and O–H groups in total. The monoisotopic (exact) mass is 300 g/mol. The van der Waals surface area contributed by atoms with Gasteiger partial charge >= 0.3 is 0 Å². The Balaban J connectivity index is 2.48. The molecule has 0 amide bonds. The number of anilines is 1. The second kappa shape index (κ2) is 8.11. The van der Waals surface area contributed by atoms with Crippen LogP contribution in [0.2, 0.25) is 0 Å². The Morgan fingerprint density at radius 1 is 1.25 bits per heavy atom. The highest BCUT2D eigenvalue weighted by Gasteiger charge is 2.07. The molecule has 114 valence electrons. The van der Waals surface area contributed by atoms with Crippen LogP contribution in [0.25, 0.3) is 0 Å². The van der Waals surface area contributed by atoms with E-state index in [1.165, 1.54) is 19.3 Å². The first kappa shape index (κ1) is 16.8. The Morgan fingerprint density at radius 3 is 2.40 bits per heavy atom. The van der Waals surface area contributed by atoms with Gasteiger partial charge in [-0.1, -0.05) is 33.1 Å². The standard InChI is InChI=1S/C14H24N2O3S/c1-3-5-6-12(4-2)11-19-14-9-7-13(8-10-14)16-20(15,17)18/h7-10,12,16H,3-6,11H2,1-2H3,(H2,15,17,18). The van der Waals surface area contributed by atoms with E-state index in [4.69, 9.17) is 9.88 Å². The zero-order valence-corrected chi connectivity index (χ0v) is 12.9. The van der Waals surface area contributed by atoms with Gasteiger partial charge < -0.3 is 4.74 Å². The van der Waals surface area contributed by atoms with Gasteiger partial charge in [0.25, 0.3) is 10.2 Å². The van der Waals surface area contributed by atoms with E-state index >= 15 is 0 Å². The largest absolute Gasteiger partial charge is 0.493 e. The molecule has 0 saturated heterocycles. The van der Waals surface area contributed by atoms with Gasteiger partial charge in [0.1, 0.15) is 5.75 Å². The third kappa shape index (κ3) is 6.77. The number of unbranched alkanes of at least 4 members (excludes halogenated alkanes) is 1. The molecule has 1 aromatic carbocycles. The molecule has 0 aliphatic rings. The molecular formula is C14H24N2O3S. The lowest BCUT2D eigenvalue weighted by Gasteiger charge is -2.15. The van der Waals surface area contributed by atoms with Crippen molar-refractivity contribution in [3.05, 3.63) is 24.3 Å². The fourth-order valence-electron chi connectivity index (χ4n) is 1.90. The molecule has 0 aliphatic carbocycles. The molecule has 1 aromatic rings. The summed E-state index contributed by atoms with van der Waals surface area (Å²) >= 11 is 0. The number of nitrogens with one attached hydrogen (secondary N) is 1. The molecule has 0 heterocycles. The maximum absolute atomic E-state index is 10.9. The first-order valence-electron chi connectivity index (χ1n) is 6.98. The summed E-state index contributed by atoms with van der Waals surface area (Å²) in [6.07, 6.45) is 4.70. The first-order chi connectivity index (χ1) is 9.44. The van der Waals surface area contributed by atoms with Gasteiger partial charge in [-0.05, 0) is 36.6 Å². The Bertz CT molecular complexity index is 486. The minimum absolute atomic E-state index is 0.429. The number of benzene rings is 1. The number of hydrogen-bond donors (Lipinski definition) is 2. The molecule has 0 aliphatic heterocycles. The van der Waals surface area contributed by atoms with Crippen LogP contribution in [0.4, 0.5) is 5.69 Å². The van der Waals surface area contributed by atoms with Gasteiger partial charge in [0.05, 0.1) is 6.61 Å². The minimum Gasteiger partial charge on any atom is -0.493 e. The zero-order chi connectivity index (χ0) is 15.0. The Kier molecular flexibility index (Phi) is 6.81. The summed E-state index contributed by atoms with van der Waals surface area (Å²) in [7, 11) is -3.72. The zero-order valence-electron chi connectivity index (χ0n) is 12.1. The second-order valence-corrected chi connectivity index (χ2v) is 6.19. The van der Waals surface area contributed by atoms with Gasteiger partial charge in [0, 0.05) is 5.69 Å². The van der Waals surface area contributed by atoms with Gasteiger partial charge in [-0.15, -0.1) is 0 Å². The molecule has 0 aromatic heterocycles. The molecule has 20 heavy (non-hydrogen) atoms. The van der Waals surface area contributed by atoms with E-state index in [1.807, 2.05) is 0 Å². The summed E-state index contributed by atoms with van der Waals surface area (Å²) < 4.78 is 29.7. The molecule has 1 unspecified atom stereocenters. The summed E-state index contributed by atoms with van der Waals surface area (Å²) in [5.74, 6) is 1.30. The van der Waals surface area contributed by atoms with Gasteiger partial charge in [-0.2, -0.15) is 8.42 Å². The third-order valence-corrected chi connectivity index (χ3v) is 3.66. The van der Waals surface area contributed by atoms with Crippen LogP contribution >= 0.6 is 0 Å². The fraction of sp³-hybridized carbons (Fsp3) is 0.571. The molecule has 0 radical (unpaired) electrons. The third-order valence-electron chi connectivity index (χ3n) is 3.14. The van der Waals surface area contributed by atoms with Crippen LogP contribution in [0.1, 0.15) is 39.5 Å². The highest BCUT2D eigenvalue weighted by molar-refractivity contribution is 7.90. The fourth-order valence-corrected chi connectivity index (χ4v) is 2.36.